The fourth-order valence-corrected chi connectivity index (χ4v) is 3.96. The topological polar surface area (TPSA) is 90.9 Å². The first kappa shape index (κ1) is 27.8. The molecular formula is C25H44O9. The number of hydrogen-bond acceptors (Lipinski definition) is 9. The van der Waals surface area contributed by atoms with Crippen LogP contribution in [0.1, 0.15) is 68.7 Å². The molecule has 4 rings (SSSR count). The summed E-state index contributed by atoms with van der Waals surface area (Å²) < 4.78 is 47.4. The zero-order chi connectivity index (χ0) is 25.3. The molecule has 4 bridgehead atoms. The van der Waals surface area contributed by atoms with Crippen LogP contribution in [0, 0.1) is 16.2 Å². The smallest absolute Gasteiger partial charge is 0.311 e. The van der Waals surface area contributed by atoms with Crippen LogP contribution in [0.2, 0.25) is 0 Å². The Bertz CT molecular complexity index is 641. The molecular weight excluding hydrogens is 444 g/mol. The second-order valence-corrected chi connectivity index (χ2v) is 12.5. The number of carbonyl (C=O) groups excluding carboxylic acids is 1. The largest absolute Gasteiger partial charge is 0.456 e. The van der Waals surface area contributed by atoms with E-state index in [0.29, 0.717) is 19.6 Å². The second kappa shape index (κ2) is 10.7. The SMILES string of the molecule is CCC(C)(C)C(=O)OC1C2OC3OC(C2OCOCC(C)(C)C)C(OCOCC(C)(C)C)C1O3. The monoisotopic (exact) mass is 488 g/mol. The summed E-state index contributed by atoms with van der Waals surface area (Å²) in [6.07, 6.45) is -2.72. The number of rotatable bonds is 11. The maximum absolute atomic E-state index is 12.9. The van der Waals surface area contributed by atoms with Crippen molar-refractivity contribution in [2.45, 2.75) is 112 Å². The average Bonchev–Trinajstić information content (AvgIpc) is 2.72. The van der Waals surface area contributed by atoms with Crippen LogP contribution in [-0.4, -0.2) is 75.9 Å². The van der Waals surface area contributed by atoms with Crippen molar-refractivity contribution in [2.24, 2.45) is 16.2 Å². The lowest BCUT2D eigenvalue weighted by Gasteiger charge is -2.58. The lowest BCUT2D eigenvalue weighted by Crippen LogP contribution is -2.76. The third-order valence-electron chi connectivity index (χ3n) is 6.18. The van der Waals surface area contributed by atoms with Crippen molar-refractivity contribution in [1.82, 2.24) is 0 Å². The fourth-order valence-electron chi connectivity index (χ4n) is 3.96. The van der Waals surface area contributed by atoms with Crippen LogP contribution in [0.4, 0.5) is 0 Å². The van der Waals surface area contributed by atoms with Crippen LogP contribution >= 0.6 is 0 Å². The summed E-state index contributed by atoms with van der Waals surface area (Å²) in [5, 5.41) is 0. The quantitative estimate of drug-likeness (QED) is 0.246. The van der Waals surface area contributed by atoms with E-state index in [0.717, 1.165) is 0 Å². The highest BCUT2D eigenvalue weighted by Gasteiger charge is 2.65. The lowest BCUT2D eigenvalue weighted by atomic mass is 9.82. The Kier molecular flexibility index (Phi) is 8.71. The van der Waals surface area contributed by atoms with Crippen molar-refractivity contribution in [3.05, 3.63) is 0 Å². The van der Waals surface area contributed by atoms with Gasteiger partial charge in [0.25, 0.3) is 6.48 Å². The highest BCUT2D eigenvalue weighted by molar-refractivity contribution is 5.76. The lowest BCUT2D eigenvalue weighted by molar-refractivity contribution is -0.489. The van der Waals surface area contributed by atoms with E-state index >= 15 is 0 Å². The van der Waals surface area contributed by atoms with E-state index in [9.17, 15) is 4.79 Å². The van der Waals surface area contributed by atoms with Gasteiger partial charge in [-0.25, -0.2) is 0 Å². The normalized spacial score (nSPS) is 33.4. The van der Waals surface area contributed by atoms with E-state index in [1.54, 1.807) is 0 Å². The zero-order valence-corrected chi connectivity index (χ0v) is 22.3. The molecule has 0 N–H and O–H groups in total. The minimum Gasteiger partial charge on any atom is -0.456 e. The molecule has 0 aromatic carbocycles. The van der Waals surface area contributed by atoms with Gasteiger partial charge in [0.1, 0.15) is 44.1 Å². The summed E-state index contributed by atoms with van der Waals surface area (Å²) >= 11 is 0. The third-order valence-corrected chi connectivity index (χ3v) is 6.18. The van der Waals surface area contributed by atoms with Crippen molar-refractivity contribution >= 4 is 5.97 Å². The summed E-state index contributed by atoms with van der Waals surface area (Å²) in [5.74, 6) is -0.314. The van der Waals surface area contributed by atoms with Gasteiger partial charge >= 0.3 is 5.97 Å². The van der Waals surface area contributed by atoms with Gasteiger partial charge in [-0.3, -0.25) is 4.79 Å². The number of carbonyl (C=O) groups is 1. The van der Waals surface area contributed by atoms with E-state index in [2.05, 4.69) is 41.5 Å². The molecule has 198 valence electrons. The van der Waals surface area contributed by atoms with Gasteiger partial charge < -0.3 is 37.9 Å². The van der Waals surface area contributed by atoms with Gasteiger partial charge in [0.05, 0.1) is 18.6 Å². The van der Waals surface area contributed by atoms with Crippen molar-refractivity contribution in [3.63, 3.8) is 0 Å². The van der Waals surface area contributed by atoms with E-state index in [1.165, 1.54) is 0 Å². The Labute approximate surface area is 204 Å². The van der Waals surface area contributed by atoms with Crippen molar-refractivity contribution < 1.29 is 42.7 Å². The van der Waals surface area contributed by atoms with E-state index in [-0.39, 0.29) is 30.4 Å². The zero-order valence-electron chi connectivity index (χ0n) is 22.3. The molecule has 3 heterocycles. The maximum atomic E-state index is 12.9. The summed E-state index contributed by atoms with van der Waals surface area (Å²) in [7, 11) is 0. The molecule has 0 spiro atoms. The molecule has 4 atom stereocenters. The first-order valence-corrected chi connectivity index (χ1v) is 12.3. The molecule has 4 unspecified atom stereocenters. The first-order chi connectivity index (χ1) is 15.7. The van der Waals surface area contributed by atoms with Gasteiger partial charge in [0.15, 0.2) is 6.10 Å². The van der Waals surface area contributed by atoms with E-state index < -0.39 is 48.5 Å². The van der Waals surface area contributed by atoms with Gasteiger partial charge in [-0.1, -0.05) is 48.5 Å². The Morgan fingerprint density at radius 2 is 1.12 bits per heavy atom. The van der Waals surface area contributed by atoms with E-state index in [4.69, 9.17) is 37.9 Å². The summed E-state index contributed by atoms with van der Waals surface area (Å²) in [6, 6.07) is 0. The molecule has 4 fully saturated rings. The maximum Gasteiger partial charge on any atom is 0.311 e. The first-order valence-electron chi connectivity index (χ1n) is 12.3. The van der Waals surface area contributed by atoms with Crippen LogP contribution in [0.5, 0.6) is 0 Å². The molecule has 1 saturated carbocycles. The molecule has 4 aliphatic rings. The van der Waals surface area contributed by atoms with Crippen molar-refractivity contribution in [1.29, 1.82) is 0 Å². The highest BCUT2D eigenvalue weighted by Crippen LogP contribution is 2.44. The van der Waals surface area contributed by atoms with Gasteiger partial charge in [0, 0.05) is 0 Å². The van der Waals surface area contributed by atoms with Gasteiger partial charge in [-0.05, 0) is 31.1 Å². The Hall–Kier alpha value is -0.810. The molecule has 0 amide bonds. The van der Waals surface area contributed by atoms with Crippen molar-refractivity contribution in [3.8, 4) is 0 Å². The molecule has 34 heavy (non-hydrogen) atoms. The van der Waals surface area contributed by atoms with Gasteiger partial charge in [-0.2, -0.15) is 0 Å². The molecule has 9 heteroatoms. The minimum atomic E-state index is -0.847. The van der Waals surface area contributed by atoms with Crippen LogP contribution in [-0.2, 0) is 42.7 Å². The summed E-state index contributed by atoms with van der Waals surface area (Å²) in [5.41, 5.74) is -0.619. The Morgan fingerprint density at radius 3 is 1.50 bits per heavy atom. The molecule has 9 nitrogen and oxygen atoms in total. The predicted octanol–water partition coefficient (Wildman–Crippen LogP) is 3.63. The van der Waals surface area contributed by atoms with Gasteiger partial charge in [0.2, 0.25) is 0 Å². The predicted molar refractivity (Wildman–Crippen MR) is 123 cm³/mol. The van der Waals surface area contributed by atoms with E-state index in [1.807, 2.05) is 20.8 Å². The Morgan fingerprint density at radius 1 is 0.706 bits per heavy atom. The molecule has 3 saturated heterocycles. The standard InChI is InChI=1S/C25H44O9/c1-10-25(8,9)21(26)31-20-18-15(29-13-27-11-23(2,3)4)17-16(19(20)34-22(32-17)33-18)30-14-28-12-24(5,6)7/h15-20,22H,10-14H2,1-9H3. The second-order valence-electron chi connectivity index (χ2n) is 12.5. The number of esters is 1. The number of ether oxygens (including phenoxy) is 8. The molecule has 0 aromatic rings. The van der Waals surface area contributed by atoms with Crippen LogP contribution in [0.15, 0.2) is 0 Å². The average molecular weight is 489 g/mol. The molecule has 0 aromatic heterocycles. The Balaban J connectivity index is 1.73. The third kappa shape index (κ3) is 6.90. The number of hydrogen-bond donors (Lipinski definition) is 0. The fraction of sp³-hybridized carbons (Fsp3) is 0.960. The summed E-state index contributed by atoms with van der Waals surface area (Å²) in [6.45, 7) is 18.6. The van der Waals surface area contributed by atoms with Crippen LogP contribution < -0.4 is 0 Å². The summed E-state index contributed by atoms with van der Waals surface area (Å²) in [4.78, 5) is 12.9. The minimum absolute atomic E-state index is 0.00804. The molecule has 0 radical (unpaired) electrons. The molecule has 3 aliphatic heterocycles. The van der Waals surface area contributed by atoms with Crippen molar-refractivity contribution in [2.75, 3.05) is 26.8 Å². The molecule has 1 aliphatic carbocycles. The van der Waals surface area contributed by atoms with Crippen LogP contribution in [0.3, 0.4) is 0 Å². The van der Waals surface area contributed by atoms with Gasteiger partial charge in [-0.15, -0.1) is 0 Å². The highest BCUT2D eigenvalue weighted by atomic mass is 16.9. The van der Waals surface area contributed by atoms with Crippen LogP contribution in [0.25, 0.3) is 0 Å².